The second kappa shape index (κ2) is 7.29. The predicted octanol–water partition coefficient (Wildman–Crippen LogP) is 2.35. The average Bonchev–Trinajstić information content (AvgIpc) is 2.91. The van der Waals surface area contributed by atoms with E-state index < -0.39 is 18.0 Å². The number of aliphatic hydroxyl groups excluding tert-OH is 1. The van der Waals surface area contributed by atoms with Crippen LogP contribution in [0, 0.1) is 5.82 Å². The Morgan fingerprint density at radius 2 is 2.18 bits per heavy atom. The number of hydrogen-bond donors (Lipinski definition) is 3. The van der Waals surface area contributed by atoms with Gasteiger partial charge in [-0.1, -0.05) is 17.7 Å². The van der Waals surface area contributed by atoms with Crippen LogP contribution in [-0.2, 0) is 13.6 Å². The SMILES string of the molecule is Cn1ccc(CNC(=O)NC[C@@H](O)c2ccc(Cl)c(F)c2)c1. The summed E-state index contributed by atoms with van der Waals surface area (Å²) in [5.74, 6) is -0.605. The number of hydrogen-bond acceptors (Lipinski definition) is 2. The minimum absolute atomic E-state index is 0.00971. The quantitative estimate of drug-likeness (QED) is 0.790. The van der Waals surface area contributed by atoms with Crippen LogP contribution in [-0.4, -0.2) is 22.2 Å². The molecule has 1 aromatic heterocycles. The van der Waals surface area contributed by atoms with Crippen molar-refractivity contribution in [1.82, 2.24) is 15.2 Å². The maximum atomic E-state index is 13.3. The number of urea groups is 1. The summed E-state index contributed by atoms with van der Waals surface area (Å²) in [5, 5.41) is 15.1. The van der Waals surface area contributed by atoms with Crippen molar-refractivity contribution in [3.8, 4) is 0 Å². The largest absolute Gasteiger partial charge is 0.387 e. The predicted molar refractivity (Wildman–Crippen MR) is 82.0 cm³/mol. The maximum absolute atomic E-state index is 13.3. The zero-order valence-electron chi connectivity index (χ0n) is 12.0. The first kappa shape index (κ1) is 16.3. The highest BCUT2D eigenvalue weighted by Gasteiger charge is 2.11. The fraction of sp³-hybridized carbons (Fsp3) is 0.267. The van der Waals surface area contributed by atoms with E-state index >= 15 is 0 Å². The third-order valence-electron chi connectivity index (χ3n) is 3.13. The van der Waals surface area contributed by atoms with E-state index in [9.17, 15) is 14.3 Å². The van der Waals surface area contributed by atoms with Crippen molar-refractivity contribution in [2.45, 2.75) is 12.6 Å². The summed E-state index contributed by atoms with van der Waals surface area (Å²) in [6, 6.07) is 5.52. The number of rotatable bonds is 5. The van der Waals surface area contributed by atoms with Crippen LogP contribution >= 0.6 is 11.6 Å². The van der Waals surface area contributed by atoms with Crippen molar-refractivity contribution in [2.24, 2.45) is 7.05 Å². The highest BCUT2D eigenvalue weighted by Crippen LogP contribution is 2.19. The maximum Gasteiger partial charge on any atom is 0.315 e. The Kier molecular flexibility index (Phi) is 5.41. The molecule has 0 radical (unpaired) electrons. The van der Waals surface area contributed by atoms with Gasteiger partial charge in [-0.2, -0.15) is 0 Å². The van der Waals surface area contributed by atoms with E-state index in [1.807, 2.05) is 30.1 Å². The van der Waals surface area contributed by atoms with Crippen LogP contribution in [0.25, 0.3) is 0 Å². The van der Waals surface area contributed by atoms with Crippen molar-refractivity contribution in [1.29, 1.82) is 0 Å². The number of carbonyl (C=O) groups excluding carboxylic acids is 1. The molecule has 0 saturated heterocycles. The summed E-state index contributed by atoms with van der Waals surface area (Å²) in [7, 11) is 1.89. The molecule has 0 saturated carbocycles. The van der Waals surface area contributed by atoms with E-state index in [1.165, 1.54) is 12.1 Å². The van der Waals surface area contributed by atoms with Crippen LogP contribution < -0.4 is 10.6 Å². The molecular weight excluding hydrogens is 309 g/mol. The molecule has 7 heteroatoms. The monoisotopic (exact) mass is 325 g/mol. The van der Waals surface area contributed by atoms with Crippen LogP contribution in [0.2, 0.25) is 5.02 Å². The summed E-state index contributed by atoms with van der Waals surface area (Å²) in [6.07, 6.45) is 2.77. The first-order chi connectivity index (χ1) is 10.5. The van der Waals surface area contributed by atoms with Crippen LogP contribution in [0.3, 0.4) is 0 Å². The minimum Gasteiger partial charge on any atom is -0.387 e. The topological polar surface area (TPSA) is 66.3 Å². The van der Waals surface area contributed by atoms with E-state index in [1.54, 1.807) is 0 Å². The molecule has 0 aliphatic rings. The molecule has 0 unspecified atom stereocenters. The lowest BCUT2D eigenvalue weighted by Crippen LogP contribution is -2.37. The molecule has 118 valence electrons. The van der Waals surface area contributed by atoms with Gasteiger partial charge in [0.15, 0.2) is 0 Å². The Morgan fingerprint density at radius 1 is 1.41 bits per heavy atom. The molecule has 2 aromatic rings. The van der Waals surface area contributed by atoms with Gasteiger partial charge in [-0.25, -0.2) is 9.18 Å². The fourth-order valence-electron chi connectivity index (χ4n) is 1.94. The molecule has 1 atom stereocenters. The minimum atomic E-state index is -1.01. The summed E-state index contributed by atoms with van der Waals surface area (Å²) < 4.78 is 15.2. The molecule has 0 aliphatic carbocycles. The van der Waals surface area contributed by atoms with Gasteiger partial charge >= 0.3 is 6.03 Å². The molecule has 0 spiro atoms. The zero-order valence-corrected chi connectivity index (χ0v) is 12.8. The Morgan fingerprint density at radius 3 is 2.82 bits per heavy atom. The third kappa shape index (κ3) is 4.47. The highest BCUT2D eigenvalue weighted by molar-refractivity contribution is 6.30. The van der Waals surface area contributed by atoms with E-state index in [0.29, 0.717) is 12.1 Å². The van der Waals surface area contributed by atoms with Crippen molar-refractivity contribution in [2.75, 3.05) is 6.54 Å². The average molecular weight is 326 g/mol. The lowest BCUT2D eigenvalue weighted by molar-refractivity contribution is 0.172. The number of aromatic nitrogens is 1. The Labute approximate surface area is 132 Å². The van der Waals surface area contributed by atoms with E-state index in [4.69, 9.17) is 11.6 Å². The smallest absolute Gasteiger partial charge is 0.315 e. The second-order valence-electron chi connectivity index (χ2n) is 4.94. The number of nitrogens with zero attached hydrogens (tertiary/aromatic N) is 1. The molecule has 2 rings (SSSR count). The molecule has 2 amide bonds. The van der Waals surface area contributed by atoms with Gasteiger partial charge in [0.2, 0.25) is 0 Å². The molecule has 0 bridgehead atoms. The first-order valence-corrected chi connectivity index (χ1v) is 7.09. The van der Waals surface area contributed by atoms with Gasteiger partial charge in [0, 0.05) is 32.5 Å². The van der Waals surface area contributed by atoms with E-state index in [0.717, 1.165) is 11.6 Å². The van der Waals surface area contributed by atoms with Gasteiger partial charge < -0.3 is 20.3 Å². The van der Waals surface area contributed by atoms with Gasteiger partial charge in [0.05, 0.1) is 11.1 Å². The lowest BCUT2D eigenvalue weighted by Gasteiger charge is -2.13. The molecule has 0 fully saturated rings. The van der Waals surface area contributed by atoms with Crippen molar-refractivity contribution in [3.05, 3.63) is 58.6 Å². The normalized spacial score (nSPS) is 12.0. The summed E-state index contributed by atoms with van der Waals surface area (Å²) in [5.41, 5.74) is 1.32. The molecule has 0 aliphatic heterocycles. The molecule has 22 heavy (non-hydrogen) atoms. The molecule has 1 heterocycles. The highest BCUT2D eigenvalue weighted by atomic mass is 35.5. The standard InChI is InChI=1S/C15H17ClFN3O2/c1-20-5-4-10(9-20)7-18-15(22)19-8-14(21)11-2-3-12(16)13(17)6-11/h2-6,9,14,21H,7-8H2,1H3,(H2,18,19,22)/t14-/m1/s1. The number of halogens is 2. The van der Waals surface area contributed by atoms with Gasteiger partial charge in [-0.05, 0) is 29.3 Å². The number of nitrogens with one attached hydrogen (secondary N) is 2. The summed E-state index contributed by atoms with van der Waals surface area (Å²) in [6.45, 7) is 0.361. The van der Waals surface area contributed by atoms with Gasteiger partial charge in [-0.3, -0.25) is 0 Å². The van der Waals surface area contributed by atoms with Gasteiger partial charge in [0.25, 0.3) is 0 Å². The van der Waals surface area contributed by atoms with Crippen LogP contribution in [0.5, 0.6) is 0 Å². The van der Waals surface area contributed by atoms with Gasteiger partial charge in [-0.15, -0.1) is 0 Å². The Bertz CT molecular complexity index is 660. The van der Waals surface area contributed by atoms with Crippen molar-refractivity contribution < 1.29 is 14.3 Å². The lowest BCUT2D eigenvalue weighted by atomic mass is 10.1. The van der Waals surface area contributed by atoms with E-state index in [-0.39, 0.29) is 11.6 Å². The number of benzene rings is 1. The fourth-order valence-corrected chi connectivity index (χ4v) is 2.05. The number of amides is 2. The third-order valence-corrected chi connectivity index (χ3v) is 3.44. The first-order valence-electron chi connectivity index (χ1n) is 6.71. The zero-order chi connectivity index (χ0) is 16.1. The Hall–Kier alpha value is -2.05. The molecule has 5 nitrogen and oxygen atoms in total. The van der Waals surface area contributed by atoms with Gasteiger partial charge in [0.1, 0.15) is 5.82 Å². The van der Waals surface area contributed by atoms with Crippen molar-refractivity contribution in [3.63, 3.8) is 0 Å². The summed E-state index contributed by atoms with van der Waals surface area (Å²) >= 11 is 5.58. The number of aliphatic hydroxyl groups is 1. The number of aryl methyl sites for hydroxylation is 1. The van der Waals surface area contributed by atoms with E-state index in [2.05, 4.69) is 10.6 Å². The van der Waals surface area contributed by atoms with Crippen LogP contribution in [0.1, 0.15) is 17.2 Å². The molecular formula is C15H17ClFN3O2. The van der Waals surface area contributed by atoms with Crippen LogP contribution in [0.15, 0.2) is 36.7 Å². The second-order valence-corrected chi connectivity index (χ2v) is 5.35. The van der Waals surface area contributed by atoms with Crippen molar-refractivity contribution >= 4 is 17.6 Å². The summed E-state index contributed by atoms with van der Waals surface area (Å²) in [4.78, 5) is 11.6. The molecule has 3 N–H and O–H groups in total. The number of carbonyl (C=O) groups is 1. The Balaban J connectivity index is 1.78. The molecule has 1 aromatic carbocycles. The van der Waals surface area contributed by atoms with Crippen LogP contribution in [0.4, 0.5) is 9.18 Å².